The Balaban J connectivity index is 1.57. The zero-order chi connectivity index (χ0) is 23.4. The van der Waals surface area contributed by atoms with Crippen LogP contribution >= 0.6 is 22.9 Å². The summed E-state index contributed by atoms with van der Waals surface area (Å²) in [5.41, 5.74) is 2.95. The summed E-state index contributed by atoms with van der Waals surface area (Å²) in [7, 11) is -4.03. The van der Waals surface area contributed by atoms with E-state index < -0.39 is 22.0 Å². The van der Waals surface area contributed by atoms with E-state index in [4.69, 9.17) is 11.6 Å². The van der Waals surface area contributed by atoms with Gasteiger partial charge in [-0.25, -0.2) is 8.42 Å². The summed E-state index contributed by atoms with van der Waals surface area (Å²) < 4.78 is 28.8. The Hall–Kier alpha value is -3.11. The molecule has 0 aliphatic carbocycles. The van der Waals surface area contributed by atoms with Crippen LogP contribution in [-0.4, -0.2) is 24.5 Å². The number of carbonyl (C=O) groups is 1. The normalized spacial score (nSPS) is 12.3. The van der Waals surface area contributed by atoms with Crippen LogP contribution in [-0.2, 0) is 10.0 Å². The largest absolute Gasteiger partial charge is 0.296 e. The summed E-state index contributed by atoms with van der Waals surface area (Å²) >= 11 is 6.61. The number of aromatic nitrogens is 2. The van der Waals surface area contributed by atoms with Crippen molar-refractivity contribution in [2.24, 2.45) is 0 Å². The first kappa shape index (κ1) is 23.1. The summed E-state index contributed by atoms with van der Waals surface area (Å²) in [5, 5.41) is 10.8. The van der Waals surface area contributed by atoms with Crippen molar-refractivity contribution < 1.29 is 13.2 Å². The number of anilines is 1. The van der Waals surface area contributed by atoms with Gasteiger partial charge in [0.1, 0.15) is 0 Å². The molecule has 0 unspecified atom stereocenters. The molecule has 0 spiro atoms. The molecular formula is C23H19ClN4O3S2. The second-order valence-electron chi connectivity index (χ2n) is 7.21. The molecule has 2 N–H and O–H groups in total. The molecule has 1 amide bonds. The van der Waals surface area contributed by atoms with Crippen molar-refractivity contribution in [1.29, 1.82) is 0 Å². The number of halogens is 1. The highest BCUT2D eigenvalue weighted by Gasteiger charge is 2.27. The number of benzene rings is 3. The SMILES string of the molecule is Cc1cccc([C@@H](NS(=O)(=O)c2nnc(NC(=O)c3ccc(Cl)cc3)s2)c2ccccc2)c1. The van der Waals surface area contributed by atoms with E-state index in [1.165, 1.54) is 0 Å². The van der Waals surface area contributed by atoms with E-state index >= 15 is 0 Å². The van der Waals surface area contributed by atoms with E-state index in [2.05, 4.69) is 20.2 Å². The van der Waals surface area contributed by atoms with Gasteiger partial charge in [-0.15, -0.1) is 10.2 Å². The van der Waals surface area contributed by atoms with Gasteiger partial charge in [0.05, 0.1) is 6.04 Å². The van der Waals surface area contributed by atoms with Gasteiger partial charge in [-0.3, -0.25) is 10.1 Å². The van der Waals surface area contributed by atoms with Crippen molar-refractivity contribution >= 4 is 44.0 Å². The number of carbonyl (C=O) groups excluding carboxylic acids is 1. The van der Waals surface area contributed by atoms with Crippen molar-refractivity contribution in [1.82, 2.24) is 14.9 Å². The summed E-state index contributed by atoms with van der Waals surface area (Å²) in [5.74, 6) is -0.443. The minimum absolute atomic E-state index is 0.0714. The van der Waals surface area contributed by atoms with E-state index in [0.717, 1.165) is 28.0 Å². The average Bonchev–Trinajstić information content (AvgIpc) is 3.28. The van der Waals surface area contributed by atoms with Crippen LogP contribution in [0, 0.1) is 6.92 Å². The zero-order valence-electron chi connectivity index (χ0n) is 17.4. The monoisotopic (exact) mass is 498 g/mol. The van der Waals surface area contributed by atoms with Crippen molar-refractivity contribution in [2.45, 2.75) is 17.3 Å². The fraction of sp³-hybridized carbons (Fsp3) is 0.0870. The number of hydrogen-bond donors (Lipinski definition) is 2. The molecule has 0 bridgehead atoms. The zero-order valence-corrected chi connectivity index (χ0v) is 19.8. The highest BCUT2D eigenvalue weighted by atomic mass is 35.5. The van der Waals surface area contributed by atoms with Crippen LogP contribution in [0.4, 0.5) is 5.13 Å². The quantitative estimate of drug-likeness (QED) is 0.356. The van der Waals surface area contributed by atoms with E-state index in [9.17, 15) is 13.2 Å². The van der Waals surface area contributed by atoms with Gasteiger partial charge in [-0.1, -0.05) is 83.1 Å². The van der Waals surface area contributed by atoms with Gasteiger partial charge in [0.2, 0.25) is 9.47 Å². The molecule has 4 aromatic rings. The van der Waals surface area contributed by atoms with Crippen LogP contribution in [0.15, 0.2) is 83.2 Å². The molecule has 33 heavy (non-hydrogen) atoms. The molecule has 0 saturated heterocycles. The molecule has 168 valence electrons. The standard InChI is InChI=1S/C23H19ClN4O3S2/c1-15-6-5-9-18(14-15)20(16-7-3-2-4-8-16)28-33(30,31)23-27-26-22(32-23)25-21(29)17-10-12-19(24)13-11-17/h2-14,20,28H,1H3,(H,25,26,29)/t20-/m0/s1. The number of sulfonamides is 1. The van der Waals surface area contributed by atoms with E-state index in [1.807, 2.05) is 61.5 Å². The first-order valence-electron chi connectivity index (χ1n) is 9.86. The number of aryl methyl sites for hydroxylation is 1. The van der Waals surface area contributed by atoms with Gasteiger partial charge >= 0.3 is 0 Å². The molecule has 0 saturated carbocycles. The lowest BCUT2D eigenvalue weighted by Gasteiger charge is -2.19. The second kappa shape index (κ2) is 9.80. The lowest BCUT2D eigenvalue weighted by Crippen LogP contribution is -2.29. The molecule has 0 aliphatic heterocycles. The molecule has 4 rings (SSSR count). The van der Waals surface area contributed by atoms with Gasteiger partial charge < -0.3 is 0 Å². The third-order valence-electron chi connectivity index (χ3n) is 4.74. The third-order valence-corrected chi connectivity index (χ3v) is 7.63. The predicted octanol–water partition coefficient (Wildman–Crippen LogP) is 4.82. The van der Waals surface area contributed by atoms with Crippen LogP contribution in [0.1, 0.15) is 33.1 Å². The van der Waals surface area contributed by atoms with Crippen LogP contribution in [0.3, 0.4) is 0 Å². The maximum absolute atomic E-state index is 13.2. The Labute approximate surface area is 200 Å². The van der Waals surface area contributed by atoms with Crippen molar-refractivity contribution in [3.63, 3.8) is 0 Å². The Bertz CT molecular complexity index is 1370. The molecule has 10 heteroatoms. The van der Waals surface area contributed by atoms with Crippen LogP contribution in [0.25, 0.3) is 0 Å². The average molecular weight is 499 g/mol. The highest BCUT2D eigenvalue weighted by molar-refractivity contribution is 7.91. The number of nitrogens with one attached hydrogen (secondary N) is 2. The van der Waals surface area contributed by atoms with Gasteiger partial charge in [0, 0.05) is 10.6 Å². The smallest absolute Gasteiger partial charge is 0.270 e. The summed E-state index contributed by atoms with van der Waals surface area (Å²) in [6.45, 7) is 1.94. The molecule has 0 aliphatic rings. The van der Waals surface area contributed by atoms with Crippen molar-refractivity contribution in [3.05, 3.63) is 106 Å². The fourth-order valence-corrected chi connectivity index (χ4v) is 5.42. The van der Waals surface area contributed by atoms with Crippen LogP contribution in [0.5, 0.6) is 0 Å². The van der Waals surface area contributed by atoms with Crippen LogP contribution < -0.4 is 10.0 Å². The summed E-state index contributed by atoms with van der Waals surface area (Å²) in [6, 6.07) is 22.6. The second-order valence-corrected chi connectivity index (χ2v) is 10.5. The minimum Gasteiger partial charge on any atom is -0.296 e. The Kier molecular flexibility index (Phi) is 6.85. The predicted molar refractivity (Wildman–Crippen MR) is 129 cm³/mol. The number of hydrogen-bond acceptors (Lipinski definition) is 6. The lowest BCUT2D eigenvalue weighted by atomic mass is 9.98. The van der Waals surface area contributed by atoms with Gasteiger partial charge in [0.25, 0.3) is 15.9 Å². The van der Waals surface area contributed by atoms with Crippen LogP contribution in [0.2, 0.25) is 5.02 Å². The lowest BCUT2D eigenvalue weighted by molar-refractivity contribution is 0.102. The first-order valence-corrected chi connectivity index (χ1v) is 12.5. The number of amides is 1. The summed E-state index contributed by atoms with van der Waals surface area (Å²) in [6.07, 6.45) is 0. The molecule has 3 aromatic carbocycles. The van der Waals surface area contributed by atoms with E-state index in [1.54, 1.807) is 24.3 Å². The van der Waals surface area contributed by atoms with E-state index in [0.29, 0.717) is 10.6 Å². The fourth-order valence-electron chi connectivity index (χ4n) is 3.17. The molecular weight excluding hydrogens is 480 g/mol. The Morgan fingerprint density at radius 2 is 1.64 bits per heavy atom. The molecule has 1 aromatic heterocycles. The van der Waals surface area contributed by atoms with Crippen molar-refractivity contribution in [3.8, 4) is 0 Å². The van der Waals surface area contributed by atoms with Crippen molar-refractivity contribution in [2.75, 3.05) is 5.32 Å². The highest BCUT2D eigenvalue weighted by Crippen LogP contribution is 2.27. The molecule has 0 fully saturated rings. The first-order chi connectivity index (χ1) is 15.8. The summed E-state index contributed by atoms with van der Waals surface area (Å²) in [4.78, 5) is 12.4. The number of nitrogens with zero attached hydrogens (tertiary/aromatic N) is 2. The minimum atomic E-state index is -4.03. The van der Waals surface area contributed by atoms with Gasteiger partial charge in [0.15, 0.2) is 0 Å². The van der Waals surface area contributed by atoms with E-state index in [-0.39, 0.29) is 9.47 Å². The molecule has 0 radical (unpaired) electrons. The Morgan fingerprint density at radius 1 is 0.939 bits per heavy atom. The molecule has 7 nitrogen and oxygen atoms in total. The molecule has 1 heterocycles. The topological polar surface area (TPSA) is 101 Å². The Morgan fingerprint density at radius 3 is 2.33 bits per heavy atom. The third kappa shape index (κ3) is 5.63. The van der Waals surface area contributed by atoms with Gasteiger partial charge in [-0.05, 0) is 42.3 Å². The number of rotatable bonds is 7. The maximum Gasteiger partial charge on any atom is 0.270 e. The maximum atomic E-state index is 13.2. The molecule has 1 atom stereocenters. The van der Waals surface area contributed by atoms with Gasteiger partial charge in [-0.2, -0.15) is 4.72 Å².